The highest BCUT2D eigenvalue weighted by Gasteiger charge is 2.18. The Bertz CT molecular complexity index is 1240. The van der Waals surface area contributed by atoms with E-state index < -0.39 is 0 Å². The van der Waals surface area contributed by atoms with Gasteiger partial charge in [0.05, 0.1) is 26.0 Å². The van der Waals surface area contributed by atoms with Gasteiger partial charge in [-0.2, -0.15) is 4.98 Å². The van der Waals surface area contributed by atoms with E-state index in [4.69, 9.17) is 19.7 Å². The number of nitrogens with one attached hydrogen (secondary N) is 1. The molecule has 0 bridgehead atoms. The number of hydrogen-bond acceptors (Lipinski definition) is 9. The molecule has 0 spiro atoms. The molecule has 3 N–H and O–H groups in total. The smallest absolute Gasteiger partial charge is 0.221 e. The van der Waals surface area contributed by atoms with Gasteiger partial charge in [-0.05, 0) is 17.7 Å². The average Bonchev–Trinajstić information content (AvgIpc) is 3.33. The lowest BCUT2D eigenvalue weighted by molar-refractivity contribution is 0.122. The molecule has 0 saturated carbocycles. The number of rotatable bonds is 6. The summed E-state index contributed by atoms with van der Waals surface area (Å²) < 4.78 is 16.7. The quantitative estimate of drug-likeness (QED) is 0.456. The maximum atomic E-state index is 5.88. The fourth-order valence-corrected chi connectivity index (χ4v) is 3.81. The first-order valence-corrected chi connectivity index (χ1v) is 10.6. The monoisotopic (exact) mass is 444 g/mol. The van der Waals surface area contributed by atoms with Crippen LogP contribution in [0.5, 0.6) is 5.75 Å². The minimum absolute atomic E-state index is 0.157. The predicted molar refractivity (Wildman–Crippen MR) is 127 cm³/mol. The molecule has 3 heterocycles. The van der Waals surface area contributed by atoms with Crippen molar-refractivity contribution in [3.05, 3.63) is 60.8 Å². The van der Waals surface area contributed by atoms with Crippen molar-refractivity contribution in [2.75, 3.05) is 49.4 Å². The zero-order valence-electron chi connectivity index (χ0n) is 18.2. The molecule has 5 rings (SSSR count). The number of methoxy groups -OCH3 is 1. The number of anilines is 4. The van der Waals surface area contributed by atoms with Gasteiger partial charge in [0.1, 0.15) is 11.6 Å². The fraction of sp³-hybridized carbons (Fsp3) is 0.208. The summed E-state index contributed by atoms with van der Waals surface area (Å²) in [6.45, 7) is 3.05. The summed E-state index contributed by atoms with van der Waals surface area (Å²) in [5.41, 5.74) is 9.50. The lowest BCUT2D eigenvalue weighted by Crippen LogP contribution is -2.36. The van der Waals surface area contributed by atoms with Crippen LogP contribution in [0, 0.1) is 0 Å². The van der Waals surface area contributed by atoms with E-state index in [1.807, 2.05) is 54.6 Å². The van der Waals surface area contributed by atoms with Gasteiger partial charge < -0.3 is 29.9 Å². The van der Waals surface area contributed by atoms with Crippen LogP contribution in [-0.4, -0.2) is 48.5 Å². The molecule has 0 amide bonds. The summed E-state index contributed by atoms with van der Waals surface area (Å²) in [7, 11) is 1.67. The summed E-state index contributed by atoms with van der Waals surface area (Å²) in [6.07, 6.45) is 1.69. The number of aromatic nitrogens is 3. The molecule has 0 radical (unpaired) electrons. The third-order valence-corrected chi connectivity index (χ3v) is 5.46. The molecule has 9 nitrogen and oxygen atoms in total. The largest absolute Gasteiger partial charge is 0.495 e. The van der Waals surface area contributed by atoms with E-state index in [2.05, 4.69) is 25.3 Å². The normalized spacial score (nSPS) is 13.7. The Hall–Kier alpha value is -4.11. The van der Waals surface area contributed by atoms with Crippen LogP contribution < -0.4 is 20.7 Å². The molecule has 2 aromatic carbocycles. The first kappa shape index (κ1) is 20.8. The van der Waals surface area contributed by atoms with Gasteiger partial charge in [0.15, 0.2) is 11.6 Å². The van der Waals surface area contributed by atoms with E-state index in [9.17, 15) is 0 Å². The summed E-state index contributed by atoms with van der Waals surface area (Å²) >= 11 is 0. The summed E-state index contributed by atoms with van der Waals surface area (Å²) in [5.74, 6) is 2.62. The maximum absolute atomic E-state index is 5.88. The van der Waals surface area contributed by atoms with Gasteiger partial charge in [0, 0.05) is 36.5 Å². The van der Waals surface area contributed by atoms with Crippen molar-refractivity contribution < 1.29 is 14.0 Å². The zero-order chi connectivity index (χ0) is 22.6. The molecule has 2 aromatic heterocycles. The second-order valence-corrected chi connectivity index (χ2v) is 7.54. The van der Waals surface area contributed by atoms with Crippen molar-refractivity contribution in [1.82, 2.24) is 15.1 Å². The van der Waals surface area contributed by atoms with E-state index >= 15 is 0 Å². The lowest BCUT2D eigenvalue weighted by atomic mass is 10.1. The Morgan fingerprint density at radius 2 is 1.85 bits per heavy atom. The molecule has 0 aliphatic carbocycles. The molecule has 1 saturated heterocycles. The number of morpholine rings is 1. The third-order valence-electron chi connectivity index (χ3n) is 5.46. The number of nitrogens with zero attached hydrogens (tertiary/aromatic N) is 4. The first-order chi connectivity index (χ1) is 16.2. The van der Waals surface area contributed by atoms with Crippen molar-refractivity contribution in [2.24, 2.45) is 0 Å². The van der Waals surface area contributed by atoms with Gasteiger partial charge >= 0.3 is 0 Å². The first-order valence-electron chi connectivity index (χ1n) is 10.6. The topological polar surface area (TPSA) is 112 Å². The average molecular weight is 444 g/mol. The van der Waals surface area contributed by atoms with E-state index in [0.29, 0.717) is 30.6 Å². The Morgan fingerprint density at radius 1 is 1.03 bits per heavy atom. The molecule has 9 heteroatoms. The molecule has 0 atom stereocenters. The van der Waals surface area contributed by atoms with Gasteiger partial charge in [-0.3, -0.25) is 0 Å². The maximum Gasteiger partial charge on any atom is 0.221 e. The van der Waals surface area contributed by atoms with Gasteiger partial charge in [0.2, 0.25) is 5.95 Å². The summed E-state index contributed by atoms with van der Waals surface area (Å²) in [5, 5.41) is 7.34. The SMILES string of the molecule is COc1cc(-c2cnc(N)nc2Nc2cc(-c3ccccc3)on2)ccc1N1CCOCC1. The van der Waals surface area contributed by atoms with Crippen LogP contribution in [0.15, 0.2) is 65.3 Å². The van der Waals surface area contributed by atoms with Crippen LogP contribution in [-0.2, 0) is 4.74 Å². The number of nitrogens with two attached hydrogens (primary N) is 1. The molecule has 1 aliphatic heterocycles. The highest BCUT2D eigenvalue weighted by atomic mass is 16.5. The van der Waals surface area contributed by atoms with Crippen molar-refractivity contribution in [3.63, 3.8) is 0 Å². The Kier molecular flexibility index (Phi) is 5.77. The van der Waals surface area contributed by atoms with Crippen LogP contribution in [0.3, 0.4) is 0 Å². The van der Waals surface area contributed by atoms with Crippen molar-refractivity contribution in [1.29, 1.82) is 0 Å². The number of benzene rings is 2. The van der Waals surface area contributed by atoms with E-state index in [0.717, 1.165) is 41.2 Å². The van der Waals surface area contributed by atoms with Crippen LogP contribution in [0.4, 0.5) is 23.3 Å². The highest BCUT2D eigenvalue weighted by Crippen LogP contribution is 2.36. The predicted octanol–water partition coefficient (Wildman–Crippen LogP) is 3.97. The number of nitrogen functional groups attached to an aromatic ring is 1. The van der Waals surface area contributed by atoms with Crippen LogP contribution in [0.25, 0.3) is 22.5 Å². The van der Waals surface area contributed by atoms with Crippen LogP contribution in [0.2, 0.25) is 0 Å². The van der Waals surface area contributed by atoms with Gasteiger partial charge in [-0.15, -0.1) is 0 Å². The van der Waals surface area contributed by atoms with Gasteiger partial charge in [0.25, 0.3) is 0 Å². The summed E-state index contributed by atoms with van der Waals surface area (Å²) in [6, 6.07) is 17.6. The molecule has 33 heavy (non-hydrogen) atoms. The van der Waals surface area contributed by atoms with E-state index in [1.165, 1.54) is 0 Å². The highest BCUT2D eigenvalue weighted by molar-refractivity contribution is 5.81. The second-order valence-electron chi connectivity index (χ2n) is 7.54. The lowest BCUT2D eigenvalue weighted by Gasteiger charge is -2.30. The standard InChI is InChI=1S/C24H24N6O3/c1-31-21-13-17(7-8-19(21)30-9-11-32-12-10-30)18-15-26-24(25)28-23(18)27-22-14-20(33-29-22)16-5-3-2-4-6-16/h2-8,13-15H,9-12H2,1H3,(H3,25,26,27,28,29). The Labute approximate surface area is 191 Å². The molecule has 0 unspecified atom stereocenters. The van der Waals surface area contributed by atoms with E-state index in [1.54, 1.807) is 13.3 Å². The van der Waals surface area contributed by atoms with Gasteiger partial charge in [-0.1, -0.05) is 41.6 Å². The molecular formula is C24H24N6O3. The number of ether oxygens (including phenoxy) is 2. The van der Waals surface area contributed by atoms with E-state index in [-0.39, 0.29) is 5.95 Å². The van der Waals surface area contributed by atoms with Crippen molar-refractivity contribution in [3.8, 4) is 28.2 Å². The summed E-state index contributed by atoms with van der Waals surface area (Å²) in [4.78, 5) is 10.8. The third kappa shape index (κ3) is 4.44. The number of hydrogen-bond donors (Lipinski definition) is 2. The molecule has 168 valence electrons. The fourth-order valence-electron chi connectivity index (χ4n) is 3.81. The van der Waals surface area contributed by atoms with Crippen molar-refractivity contribution in [2.45, 2.75) is 0 Å². The van der Waals surface area contributed by atoms with Crippen LogP contribution >= 0.6 is 0 Å². The minimum Gasteiger partial charge on any atom is -0.495 e. The molecular weight excluding hydrogens is 420 g/mol. The van der Waals surface area contributed by atoms with Gasteiger partial charge in [-0.25, -0.2) is 4.98 Å². The molecule has 4 aromatic rings. The molecule has 1 fully saturated rings. The van der Waals surface area contributed by atoms with Crippen molar-refractivity contribution >= 4 is 23.3 Å². The molecule has 1 aliphatic rings. The second kappa shape index (κ2) is 9.17. The zero-order valence-corrected chi connectivity index (χ0v) is 18.2. The minimum atomic E-state index is 0.157. The van der Waals surface area contributed by atoms with Crippen LogP contribution in [0.1, 0.15) is 0 Å². The Morgan fingerprint density at radius 3 is 2.64 bits per heavy atom. The Balaban J connectivity index is 1.46.